The monoisotopic (exact) mass is 294 g/mol. The van der Waals surface area contributed by atoms with Gasteiger partial charge in [-0.1, -0.05) is 47.7 Å². The number of halogens is 1. The van der Waals surface area contributed by atoms with E-state index in [0.29, 0.717) is 12.2 Å². The summed E-state index contributed by atoms with van der Waals surface area (Å²) in [5.74, 6) is 1.10. The number of carbonyl (C=O) groups excluding carboxylic acids is 1. The lowest BCUT2D eigenvalue weighted by molar-refractivity contribution is 0.0974. The smallest absolute Gasteiger partial charge is 0.162 e. The Morgan fingerprint density at radius 2 is 2.06 bits per heavy atom. The fraction of sp³-hybridized carbons (Fsp3) is 0.533. The summed E-state index contributed by atoms with van der Waals surface area (Å²) in [6, 6.07) is 5.88. The summed E-state index contributed by atoms with van der Waals surface area (Å²) in [5, 5.41) is 0. The maximum absolute atomic E-state index is 12.0. The van der Waals surface area contributed by atoms with Crippen LogP contribution >= 0.6 is 15.9 Å². The molecule has 1 aliphatic carbocycles. The Labute approximate surface area is 112 Å². The Morgan fingerprint density at radius 3 is 2.71 bits per heavy atom. The van der Waals surface area contributed by atoms with Gasteiger partial charge in [0.15, 0.2) is 5.78 Å². The number of benzene rings is 1. The van der Waals surface area contributed by atoms with Gasteiger partial charge in [-0.15, -0.1) is 0 Å². The average Bonchev–Trinajstić information content (AvgIpc) is 2.82. The highest BCUT2D eigenvalue weighted by Crippen LogP contribution is 2.29. The normalized spacial score (nSPS) is 16.4. The molecule has 1 fully saturated rings. The summed E-state index contributed by atoms with van der Waals surface area (Å²) in [7, 11) is 0. The van der Waals surface area contributed by atoms with Crippen molar-refractivity contribution in [3.63, 3.8) is 0 Å². The first kappa shape index (κ1) is 12.8. The first-order valence-corrected chi connectivity index (χ1v) is 7.25. The van der Waals surface area contributed by atoms with E-state index in [4.69, 9.17) is 0 Å². The van der Waals surface area contributed by atoms with Crippen LogP contribution in [-0.4, -0.2) is 5.78 Å². The second-order valence-corrected chi connectivity index (χ2v) is 5.93. The Balaban J connectivity index is 1.92. The van der Waals surface area contributed by atoms with Crippen molar-refractivity contribution in [2.45, 2.75) is 45.4 Å². The average molecular weight is 295 g/mol. The van der Waals surface area contributed by atoms with Crippen LogP contribution in [0.15, 0.2) is 22.7 Å². The van der Waals surface area contributed by atoms with Crippen LogP contribution in [0.3, 0.4) is 0 Å². The van der Waals surface area contributed by atoms with Gasteiger partial charge in [-0.3, -0.25) is 4.79 Å². The molecule has 92 valence electrons. The predicted molar refractivity (Wildman–Crippen MR) is 74.4 cm³/mol. The molecule has 1 aliphatic rings. The van der Waals surface area contributed by atoms with Crippen molar-refractivity contribution in [3.05, 3.63) is 33.8 Å². The lowest BCUT2D eigenvalue weighted by atomic mass is 9.97. The molecule has 1 nitrogen and oxygen atoms in total. The molecule has 0 bridgehead atoms. The van der Waals surface area contributed by atoms with Crippen molar-refractivity contribution in [3.8, 4) is 0 Å². The van der Waals surface area contributed by atoms with E-state index in [1.165, 1.54) is 25.7 Å². The van der Waals surface area contributed by atoms with E-state index in [1.807, 2.05) is 25.1 Å². The Bertz CT molecular complexity index is 405. The second kappa shape index (κ2) is 5.81. The van der Waals surface area contributed by atoms with Gasteiger partial charge >= 0.3 is 0 Å². The quantitative estimate of drug-likeness (QED) is 0.721. The Morgan fingerprint density at radius 1 is 1.35 bits per heavy atom. The van der Waals surface area contributed by atoms with E-state index < -0.39 is 0 Å². The lowest BCUT2D eigenvalue weighted by Gasteiger charge is -2.08. The standard InChI is InChI=1S/C15H19BrO/c1-11-10-13(7-8-14(11)16)15(17)9-6-12-4-2-3-5-12/h7-8,10,12H,2-6,9H2,1H3. The van der Waals surface area contributed by atoms with Gasteiger partial charge in [-0.2, -0.15) is 0 Å². The van der Waals surface area contributed by atoms with Crippen molar-refractivity contribution in [2.24, 2.45) is 5.92 Å². The molecule has 0 N–H and O–H groups in total. The molecule has 1 aromatic rings. The number of rotatable bonds is 4. The highest BCUT2D eigenvalue weighted by molar-refractivity contribution is 9.10. The maximum Gasteiger partial charge on any atom is 0.162 e. The minimum atomic E-state index is 0.299. The molecule has 0 aromatic heterocycles. The van der Waals surface area contributed by atoms with E-state index in [9.17, 15) is 4.79 Å². The molecule has 17 heavy (non-hydrogen) atoms. The van der Waals surface area contributed by atoms with Crippen LogP contribution in [0.4, 0.5) is 0 Å². The zero-order chi connectivity index (χ0) is 12.3. The van der Waals surface area contributed by atoms with Gasteiger partial charge in [-0.05, 0) is 37.0 Å². The summed E-state index contributed by atoms with van der Waals surface area (Å²) < 4.78 is 1.07. The number of ketones is 1. The highest BCUT2D eigenvalue weighted by Gasteiger charge is 2.16. The summed E-state index contributed by atoms with van der Waals surface area (Å²) in [6.45, 7) is 2.03. The SMILES string of the molecule is Cc1cc(C(=O)CCC2CCCC2)ccc1Br. The third kappa shape index (κ3) is 3.41. The summed E-state index contributed by atoms with van der Waals surface area (Å²) in [6.07, 6.45) is 7.16. The number of hydrogen-bond donors (Lipinski definition) is 0. The van der Waals surface area contributed by atoms with Crippen molar-refractivity contribution in [1.29, 1.82) is 0 Å². The van der Waals surface area contributed by atoms with E-state index in [2.05, 4.69) is 15.9 Å². The van der Waals surface area contributed by atoms with Crippen molar-refractivity contribution in [1.82, 2.24) is 0 Å². The Hall–Kier alpha value is -0.630. The molecule has 0 spiro atoms. The summed E-state index contributed by atoms with van der Waals surface area (Å²) in [4.78, 5) is 12.0. The van der Waals surface area contributed by atoms with Crippen LogP contribution in [-0.2, 0) is 0 Å². The minimum Gasteiger partial charge on any atom is -0.294 e. The van der Waals surface area contributed by atoms with Crippen LogP contribution in [0.25, 0.3) is 0 Å². The predicted octanol–water partition coefficient (Wildman–Crippen LogP) is 4.91. The van der Waals surface area contributed by atoms with Crippen LogP contribution in [0.2, 0.25) is 0 Å². The largest absolute Gasteiger partial charge is 0.294 e. The van der Waals surface area contributed by atoms with E-state index in [0.717, 1.165) is 27.9 Å². The Kier molecular flexibility index (Phi) is 4.38. The third-order valence-electron chi connectivity index (χ3n) is 3.73. The molecule has 0 radical (unpaired) electrons. The fourth-order valence-corrected chi connectivity index (χ4v) is 2.84. The summed E-state index contributed by atoms with van der Waals surface area (Å²) >= 11 is 3.46. The molecule has 0 saturated heterocycles. The summed E-state index contributed by atoms with van der Waals surface area (Å²) in [5.41, 5.74) is 2.00. The van der Waals surface area contributed by atoms with Crippen LogP contribution in [0, 0.1) is 12.8 Å². The molecule has 1 aromatic carbocycles. The molecule has 1 saturated carbocycles. The highest BCUT2D eigenvalue weighted by atomic mass is 79.9. The van der Waals surface area contributed by atoms with Gasteiger partial charge < -0.3 is 0 Å². The zero-order valence-electron chi connectivity index (χ0n) is 10.3. The van der Waals surface area contributed by atoms with E-state index in [-0.39, 0.29) is 0 Å². The van der Waals surface area contributed by atoms with E-state index >= 15 is 0 Å². The third-order valence-corrected chi connectivity index (χ3v) is 4.62. The number of aryl methyl sites for hydroxylation is 1. The van der Waals surface area contributed by atoms with Crippen molar-refractivity contribution >= 4 is 21.7 Å². The molecule has 0 heterocycles. The van der Waals surface area contributed by atoms with Gasteiger partial charge in [0, 0.05) is 16.5 Å². The number of carbonyl (C=O) groups is 1. The maximum atomic E-state index is 12.0. The molecule has 0 unspecified atom stereocenters. The van der Waals surface area contributed by atoms with Gasteiger partial charge in [0.05, 0.1) is 0 Å². The van der Waals surface area contributed by atoms with Crippen LogP contribution < -0.4 is 0 Å². The van der Waals surface area contributed by atoms with Gasteiger partial charge in [0.1, 0.15) is 0 Å². The van der Waals surface area contributed by atoms with Gasteiger partial charge in [-0.25, -0.2) is 0 Å². The molecule has 2 rings (SSSR count). The zero-order valence-corrected chi connectivity index (χ0v) is 11.9. The fourth-order valence-electron chi connectivity index (χ4n) is 2.60. The molecule has 0 amide bonds. The minimum absolute atomic E-state index is 0.299. The first-order valence-electron chi connectivity index (χ1n) is 6.46. The number of Topliss-reactive ketones (excluding diaryl/α,β-unsaturated/α-hetero) is 1. The van der Waals surface area contributed by atoms with Crippen molar-refractivity contribution < 1.29 is 4.79 Å². The first-order chi connectivity index (χ1) is 8.16. The molecule has 0 atom stereocenters. The second-order valence-electron chi connectivity index (χ2n) is 5.08. The molecule has 2 heteroatoms. The topological polar surface area (TPSA) is 17.1 Å². The van der Waals surface area contributed by atoms with Crippen molar-refractivity contribution in [2.75, 3.05) is 0 Å². The van der Waals surface area contributed by atoms with Gasteiger partial charge in [0.25, 0.3) is 0 Å². The van der Waals surface area contributed by atoms with Gasteiger partial charge in [0.2, 0.25) is 0 Å². The molecule has 0 aliphatic heterocycles. The van der Waals surface area contributed by atoms with Crippen LogP contribution in [0.5, 0.6) is 0 Å². The lowest BCUT2D eigenvalue weighted by Crippen LogP contribution is -2.03. The molecular formula is C15H19BrO. The molecular weight excluding hydrogens is 276 g/mol. The van der Waals surface area contributed by atoms with E-state index in [1.54, 1.807) is 0 Å². The van der Waals surface area contributed by atoms with Crippen LogP contribution in [0.1, 0.15) is 54.4 Å². The number of hydrogen-bond acceptors (Lipinski definition) is 1.